The second-order valence-electron chi connectivity index (χ2n) is 4.05. The highest BCUT2D eigenvalue weighted by molar-refractivity contribution is 9.10. The van der Waals surface area contributed by atoms with Gasteiger partial charge in [-0.15, -0.1) is 0 Å². The number of methoxy groups -OCH3 is 1. The van der Waals surface area contributed by atoms with E-state index in [1.165, 1.54) is 31.4 Å². The van der Waals surface area contributed by atoms with Crippen molar-refractivity contribution in [1.29, 1.82) is 0 Å². The Hall–Kier alpha value is -1.17. The lowest BCUT2D eigenvalue weighted by atomic mass is 9.99. The molecule has 1 atom stereocenters. The zero-order valence-electron chi connectivity index (χ0n) is 10.3. The molecule has 0 spiro atoms. The quantitative estimate of drug-likeness (QED) is 0.815. The fourth-order valence-electron chi connectivity index (χ4n) is 1.86. The van der Waals surface area contributed by atoms with Crippen LogP contribution in [0.1, 0.15) is 17.2 Å². The highest BCUT2D eigenvalue weighted by atomic mass is 79.9. The van der Waals surface area contributed by atoms with Gasteiger partial charge in [-0.05, 0) is 40.2 Å². The third-order valence-corrected chi connectivity index (χ3v) is 3.69. The lowest BCUT2D eigenvalue weighted by Gasteiger charge is -2.17. The molecule has 0 amide bonds. The predicted molar refractivity (Wildman–Crippen MR) is 76.1 cm³/mol. The van der Waals surface area contributed by atoms with Crippen LogP contribution in [-0.4, -0.2) is 12.2 Å². The molecule has 1 unspecified atom stereocenters. The summed E-state index contributed by atoms with van der Waals surface area (Å²) < 4.78 is 32.9. The van der Waals surface area contributed by atoms with E-state index in [4.69, 9.17) is 16.3 Å². The molecule has 2 aromatic rings. The van der Waals surface area contributed by atoms with Crippen molar-refractivity contribution in [2.45, 2.75) is 6.10 Å². The van der Waals surface area contributed by atoms with Gasteiger partial charge in [-0.1, -0.05) is 17.7 Å². The molecule has 20 heavy (non-hydrogen) atoms. The van der Waals surface area contributed by atoms with Crippen molar-refractivity contribution in [1.82, 2.24) is 0 Å². The first-order chi connectivity index (χ1) is 9.45. The average molecular weight is 364 g/mol. The molecular weight excluding hydrogens is 354 g/mol. The number of hydrogen-bond acceptors (Lipinski definition) is 2. The lowest BCUT2D eigenvalue weighted by Crippen LogP contribution is -2.08. The van der Waals surface area contributed by atoms with Crippen molar-refractivity contribution in [2.24, 2.45) is 0 Å². The normalized spacial score (nSPS) is 12.3. The molecule has 0 aromatic heterocycles. The fourth-order valence-corrected chi connectivity index (χ4v) is 2.37. The molecule has 0 radical (unpaired) electrons. The highest BCUT2D eigenvalue weighted by Gasteiger charge is 2.24. The largest absolute Gasteiger partial charge is 0.496 e. The van der Waals surface area contributed by atoms with E-state index in [2.05, 4.69) is 15.9 Å². The number of ether oxygens (including phenoxy) is 1. The Kier molecular flexibility index (Phi) is 4.62. The van der Waals surface area contributed by atoms with Crippen molar-refractivity contribution in [3.8, 4) is 5.75 Å². The molecule has 0 fully saturated rings. The molecule has 6 heteroatoms. The Morgan fingerprint density at radius 2 is 1.95 bits per heavy atom. The molecule has 2 aromatic carbocycles. The third-order valence-electron chi connectivity index (χ3n) is 2.84. The number of hydrogen-bond donors (Lipinski definition) is 1. The van der Waals surface area contributed by atoms with Gasteiger partial charge in [0, 0.05) is 10.6 Å². The van der Waals surface area contributed by atoms with Gasteiger partial charge in [-0.2, -0.15) is 0 Å². The summed E-state index contributed by atoms with van der Waals surface area (Å²) in [6.07, 6.45) is -1.50. The predicted octanol–water partition coefficient (Wildman–Crippen LogP) is 4.47. The standard InChI is InChI=1S/C14H10BrClF2O2/c1-20-11-6-7(16)2-3-8(11)14(19)12-10(17)5-4-9(15)13(12)18/h2-6,14,19H,1H3. The maximum atomic E-state index is 14.0. The maximum Gasteiger partial charge on any atom is 0.146 e. The van der Waals surface area contributed by atoms with Crippen LogP contribution in [0.3, 0.4) is 0 Å². The van der Waals surface area contributed by atoms with Gasteiger partial charge in [-0.3, -0.25) is 0 Å². The van der Waals surface area contributed by atoms with Gasteiger partial charge in [-0.25, -0.2) is 8.78 Å². The number of aliphatic hydroxyl groups excluding tert-OH is 1. The highest BCUT2D eigenvalue weighted by Crippen LogP contribution is 2.35. The molecule has 2 nitrogen and oxygen atoms in total. The summed E-state index contributed by atoms with van der Waals surface area (Å²) in [5.41, 5.74) is -0.215. The minimum Gasteiger partial charge on any atom is -0.496 e. The molecule has 0 aliphatic carbocycles. The van der Waals surface area contributed by atoms with Crippen molar-refractivity contribution < 1.29 is 18.6 Å². The van der Waals surface area contributed by atoms with Crippen molar-refractivity contribution in [3.63, 3.8) is 0 Å². The molecule has 0 heterocycles. The molecule has 0 bridgehead atoms. The number of rotatable bonds is 3. The summed E-state index contributed by atoms with van der Waals surface area (Å²) in [6, 6.07) is 6.75. The Morgan fingerprint density at radius 3 is 2.60 bits per heavy atom. The van der Waals surface area contributed by atoms with Crippen LogP contribution in [0.2, 0.25) is 5.02 Å². The molecule has 0 saturated heterocycles. The minimum absolute atomic E-state index is 0.0703. The Morgan fingerprint density at radius 1 is 1.25 bits per heavy atom. The topological polar surface area (TPSA) is 29.5 Å². The van der Waals surface area contributed by atoms with Crippen LogP contribution in [0.25, 0.3) is 0 Å². The van der Waals surface area contributed by atoms with Gasteiger partial charge in [0.05, 0.1) is 17.1 Å². The van der Waals surface area contributed by atoms with Crippen LogP contribution in [0.5, 0.6) is 5.75 Å². The van der Waals surface area contributed by atoms with E-state index < -0.39 is 23.3 Å². The zero-order chi connectivity index (χ0) is 14.9. The van der Waals surface area contributed by atoms with Gasteiger partial charge < -0.3 is 9.84 Å². The molecule has 1 N–H and O–H groups in total. The van der Waals surface area contributed by atoms with E-state index in [9.17, 15) is 13.9 Å². The summed E-state index contributed by atoms with van der Waals surface area (Å²) in [7, 11) is 1.38. The Labute approximate surface area is 128 Å². The van der Waals surface area contributed by atoms with E-state index in [1.54, 1.807) is 0 Å². The van der Waals surface area contributed by atoms with Crippen LogP contribution < -0.4 is 4.74 Å². The van der Waals surface area contributed by atoms with Gasteiger partial charge in [0.25, 0.3) is 0 Å². The van der Waals surface area contributed by atoms with Crippen LogP contribution in [0.4, 0.5) is 8.78 Å². The molecule has 0 saturated carbocycles. The van der Waals surface area contributed by atoms with Gasteiger partial charge in [0.1, 0.15) is 23.5 Å². The Balaban J connectivity index is 2.57. The van der Waals surface area contributed by atoms with E-state index in [-0.39, 0.29) is 15.8 Å². The van der Waals surface area contributed by atoms with Gasteiger partial charge in [0.15, 0.2) is 0 Å². The zero-order valence-corrected chi connectivity index (χ0v) is 12.7. The summed E-state index contributed by atoms with van der Waals surface area (Å²) >= 11 is 8.78. The van der Waals surface area contributed by atoms with E-state index in [1.807, 2.05) is 0 Å². The van der Waals surface area contributed by atoms with Crippen LogP contribution in [0.15, 0.2) is 34.8 Å². The summed E-state index contributed by atoms with van der Waals surface area (Å²) in [4.78, 5) is 0. The second kappa shape index (κ2) is 6.08. The van der Waals surface area contributed by atoms with Crippen LogP contribution in [0, 0.1) is 11.6 Å². The molecule has 106 valence electrons. The van der Waals surface area contributed by atoms with E-state index in [0.29, 0.717) is 5.02 Å². The first-order valence-corrected chi connectivity index (χ1v) is 6.77. The fraction of sp³-hybridized carbons (Fsp3) is 0.143. The minimum atomic E-state index is -1.50. The monoisotopic (exact) mass is 362 g/mol. The smallest absolute Gasteiger partial charge is 0.146 e. The average Bonchev–Trinajstić information content (AvgIpc) is 2.43. The number of aliphatic hydroxyl groups is 1. The van der Waals surface area contributed by atoms with E-state index in [0.717, 1.165) is 6.07 Å². The lowest BCUT2D eigenvalue weighted by molar-refractivity contribution is 0.203. The third kappa shape index (κ3) is 2.80. The van der Waals surface area contributed by atoms with Crippen LogP contribution >= 0.6 is 27.5 Å². The first kappa shape index (κ1) is 15.2. The summed E-state index contributed by atoms with van der Waals surface area (Å²) in [5.74, 6) is -1.44. The number of halogens is 4. The Bertz CT molecular complexity index is 649. The number of benzene rings is 2. The summed E-state index contributed by atoms with van der Waals surface area (Å²) in [6.45, 7) is 0. The molecule has 2 rings (SSSR count). The first-order valence-electron chi connectivity index (χ1n) is 5.60. The van der Waals surface area contributed by atoms with E-state index >= 15 is 0 Å². The molecular formula is C14H10BrClF2O2. The SMILES string of the molecule is COc1cc(Cl)ccc1C(O)c1c(F)ccc(Br)c1F. The van der Waals surface area contributed by atoms with Crippen molar-refractivity contribution in [3.05, 3.63) is 62.6 Å². The van der Waals surface area contributed by atoms with Crippen molar-refractivity contribution in [2.75, 3.05) is 7.11 Å². The summed E-state index contributed by atoms with van der Waals surface area (Å²) in [5, 5.41) is 10.7. The van der Waals surface area contributed by atoms with Gasteiger partial charge >= 0.3 is 0 Å². The van der Waals surface area contributed by atoms with Crippen molar-refractivity contribution >= 4 is 27.5 Å². The molecule has 0 aliphatic rings. The van der Waals surface area contributed by atoms with Gasteiger partial charge in [0.2, 0.25) is 0 Å². The van der Waals surface area contributed by atoms with Crippen LogP contribution in [-0.2, 0) is 0 Å². The maximum absolute atomic E-state index is 14.0. The second-order valence-corrected chi connectivity index (χ2v) is 5.34. The molecule has 0 aliphatic heterocycles.